The van der Waals surface area contributed by atoms with Gasteiger partial charge in [0.1, 0.15) is 11.4 Å². The highest BCUT2D eigenvalue weighted by molar-refractivity contribution is 5.82. The lowest BCUT2D eigenvalue weighted by Gasteiger charge is -2.19. The number of para-hydroxylation sites is 1. The van der Waals surface area contributed by atoms with Crippen molar-refractivity contribution in [2.24, 2.45) is 0 Å². The number of ether oxygens (including phenoxy) is 2. The molecule has 0 radical (unpaired) electrons. The number of alkyl carbamates (subject to hydrolysis) is 1. The molecule has 0 fully saturated rings. The minimum absolute atomic E-state index is 0.101. The molecule has 1 rings (SSSR count). The summed E-state index contributed by atoms with van der Waals surface area (Å²) in [7, 11) is 0. The normalized spacial score (nSPS) is 10.8. The van der Waals surface area contributed by atoms with Gasteiger partial charge in [0.2, 0.25) is 11.8 Å². The van der Waals surface area contributed by atoms with Gasteiger partial charge in [-0.25, -0.2) is 4.79 Å². The molecule has 0 saturated heterocycles. The van der Waals surface area contributed by atoms with E-state index in [1.165, 1.54) is 0 Å². The van der Waals surface area contributed by atoms with Crippen LogP contribution in [0.2, 0.25) is 0 Å². The Hall–Kier alpha value is -2.77. The maximum Gasteiger partial charge on any atom is 0.408 e. The molecule has 0 atom stereocenters. The van der Waals surface area contributed by atoms with Crippen LogP contribution in [0.3, 0.4) is 0 Å². The fraction of sp³-hybridized carbons (Fsp3) is 0.571. The van der Waals surface area contributed by atoms with E-state index in [9.17, 15) is 14.4 Å². The molecule has 0 aromatic heterocycles. The Bertz CT molecular complexity index is 678. The summed E-state index contributed by atoms with van der Waals surface area (Å²) in [5.41, 5.74) is 1.53. The van der Waals surface area contributed by atoms with Crippen LogP contribution < -0.4 is 20.7 Å². The van der Waals surface area contributed by atoms with Crippen molar-refractivity contribution < 1.29 is 23.9 Å². The third-order valence-corrected chi connectivity index (χ3v) is 3.76. The molecular formula is C21H33N3O5. The van der Waals surface area contributed by atoms with Gasteiger partial charge in [-0.3, -0.25) is 9.59 Å². The standard InChI is InChI=1S/C21H33N3O5/c1-15-8-6-9-16(2)19(15)28-13-7-10-17(25)22-11-12-23-18(26)14-24-20(27)29-21(3,4)5/h6,8-9H,7,10-14H2,1-5H3,(H,22,25)(H,23,26)(H,24,27). The van der Waals surface area contributed by atoms with Crippen molar-refractivity contribution in [3.05, 3.63) is 29.3 Å². The molecule has 0 heterocycles. The summed E-state index contributed by atoms with van der Waals surface area (Å²) in [4.78, 5) is 34.9. The van der Waals surface area contributed by atoms with Crippen LogP contribution in [0.15, 0.2) is 18.2 Å². The highest BCUT2D eigenvalue weighted by Crippen LogP contribution is 2.22. The molecule has 0 aliphatic rings. The number of hydrogen-bond acceptors (Lipinski definition) is 5. The van der Waals surface area contributed by atoms with E-state index in [2.05, 4.69) is 16.0 Å². The summed E-state index contributed by atoms with van der Waals surface area (Å²) in [5.74, 6) is 0.416. The minimum Gasteiger partial charge on any atom is -0.493 e. The smallest absolute Gasteiger partial charge is 0.408 e. The Morgan fingerprint density at radius 3 is 2.10 bits per heavy atom. The highest BCUT2D eigenvalue weighted by Gasteiger charge is 2.16. The van der Waals surface area contributed by atoms with E-state index < -0.39 is 11.7 Å². The van der Waals surface area contributed by atoms with E-state index >= 15 is 0 Å². The zero-order chi connectivity index (χ0) is 21.9. The first-order valence-corrected chi connectivity index (χ1v) is 9.78. The van der Waals surface area contributed by atoms with Gasteiger partial charge in [0.15, 0.2) is 0 Å². The highest BCUT2D eigenvalue weighted by atomic mass is 16.6. The van der Waals surface area contributed by atoms with Crippen LogP contribution in [0.5, 0.6) is 5.75 Å². The predicted molar refractivity (Wildman–Crippen MR) is 111 cm³/mol. The molecule has 8 nitrogen and oxygen atoms in total. The van der Waals surface area contributed by atoms with Crippen LogP contribution >= 0.6 is 0 Å². The second kappa shape index (κ2) is 11.9. The largest absolute Gasteiger partial charge is 0.493 e. The number of aryl methyl sites for hydroxylation is 2. The monoisotopic (exact) mass is 407 g/mol. The Morgan fingerprint density at radius 2 is 1.52 bits per heavy atom. The first-order chi connectivity index (χ1) is 13.6. The first-order valence-electron chi connectivity index (χ1n) is 9.78. The van der Waals surface area contributed by atoms with Crippen molar-refractivity contribution in [3.8, 4) is 5.75 Å². The van der Waals surface area contributed by atoms with Gasteiger partial charge in [0, 0.05) is 19.5 Å². The van der Waals surface area contributed by atoms with E-state index in [1.807, 2.05) is 32.0 Å². The fourth-order valence-electron chi connectivity index (χ4n) is 2.46. The quantitative estimate of drug-likeness (QED) is 0.516. The van der Waals surface area contributed by atoms with Gasteiger partial charge < -0.3 is 25.4 Å². The molecule has 0 saturated carbocycles. The van der Waals surface area contributed by atoms with Crippen LogP contribution in [0.4, 0.5) is 4.79 Å². The number of amides is 3. The number of benzene rings is 1. The lowest BCUT2D eigenvalue weighted by Crippen LogP contribution is -2.42. The molecule has 3 amide bonds. The molecular weight excluding hydrogens is 374 g/mol. The van der Waals surface area contributed by atoms with E-state index in [0.29, 0.717) is 26.0 Å². The van der Waals surface area contributed by atoms with Crippen molar-refractivity contribution in [1.29, 1.82) is 0 Å². The lowest BCUT2D eigenvalue weighted by molar-refractivity contribution is -0.122. The molecule has 0 aliphatic carbocycles. The van der Waals surface area contributed by atoms with Gasteiger partial charge in [0.05, 0.1) is 13.2 Å². The van der Waals surface area contributed by atoms with Gasteiger partial charge in [-0.1, -0.05) is 18.2 Å². The summed E-state index contributed by atoms with van der Waals surface area (Å²) >= 11 is 0. The molecule has 0 unspecified atom stereocenters. The third kappa shape index (κ3) is 11.0. The molecule has 0 spiro atoms. The molecule has 3 N–H and O–H groups in total. The summed E-state index contributed by atoms with van der Waals surface area (Å²) in [5, 5.41) is 7.71. The average molecular weight is 408 g/mol. The molecule has 0 bridgehead atoms. The summed E-state index contributed by atoms with van der Waals surface area (Å²) in [6.45, 7) is 10.1. The van der Waals surface area contributed by atoms with Crippen molar-refractivity contribution in [2.75, 3.05) is 26.2 Å². The maximum absolute atomic E-state index is 11.8. The van der Waals surface area contributed by atoms with Crippen molar-refractivity contribution >= 4 is 17.9 Å². The Morgan fingerprint density at radius 1 is 0.931 bits per heavy atom. The minimum atomic E-state index is -0.649. The van der Waals surface area contributed by atoms with Gasteiger partial charge >= 0.3 is 6.09 Å². The van der Waals surface area contributed by atoms with Crippen molar-refractivity contribution in [2.45, 2.75) is 53.1 Å². The van der Waals surface area contributed by atoms with E-state index in [-0.39, 0.29) is 24.9 Å². The van der Waals surface area contributed by atoms with Crippen molar-refractivity contribution in [1.82, 2.24) is 16.0 Å². The Kier molecular flexibility index (Phi) is 9.99. The molecule has 29 heavy (non-hydrogen) atoms. The van der Waals surface area contributed by atoms with Gasteiger partial charge in [-0.15, -0.1) is 0 Å². The molecule has 8 heteroatoms. The number of carbonyl (C=O) groups excluding carboxylic acids is 3. The second-order valence-corrected chi connectivity index (χ2v) is 7.73. The fourth-order valence-corrected chi connectivity index (χ4v) is 2.46. The van der Waals surface area contributed by atoms with E-state index in [1.54, 1.807) is 20.8 Å². The van der Waals surface area contributed by atoms with Crippen LogP contribution in [0, 0.1) is 13.8 Å². The van der Waals surface area contributed by atoms with Crippen molar-refractivity contribution in [3.63, 3.8) is 0 Å². The third-order valence-electron chi connectivity index (χ3n) is 3.76. The van der Waals surface area contributed by atoms with Gasteiger partial charge in [-0.05, 0) is 52.2 Å². The van der Waals surface area contributed by atoms with Crippen LogP contribution in [0.1, 0.15) is 44.7 Å². The van der Waals surface area contributed by atoms with E-state index in [0.717, 1.165) is 16.9 Å². The van der Waals surface area contributed by atoms with Crippen LogP contribution in [-0.2, 0) is 14.3 Å². The summed E-state index contributed by atoms with van der Waals surface area (Å²) < 4.78 is 10.8. The van der Waals surface area contributed by atoms with E-state index in [4.69, 9.17) is 9.47 Å². The second-order valence-electron chi connectivity index (χ2n) is 7.73. The number of carbonyl (C=O) groups is 3. The predicted octanol–water partition coefficient (Wildman–Crippen LogP) is 2.22. The molecule has 0 aliphatic heterocycles. The molecule has 162 valence electrons. The summed E-state index contributed by atoms with van der Waals surface area (Å²) in [6, 6.07) is 5.97. The topological polar surface area (TPSA) is 106 Å². The van der Waals surface area contributed by atoms with Gasteiger partial charge in [-0.2, -0.15) is 0 Å². The Labute approximate surface area is 172 Å². The average Bonchev–Trinajstić information content (AvgIpc) is 2.61. The SMILES string of the molecule is Cc1cccc(C)c1OCCCC(=O)NCCNC(=O)CNC(=O)OC(C)(C)C. The molecule has 1 aromatic carbocycles. The number of nitrogens with one attached hydrogen (secondary N) is 3. The zero-order valence-corrected chi connectivity index (χ0v) is 18.0. The first kappa shape index (κ1) is 24.3. The maximum atomic E-state index is 11.8. The number of hydrogen-bond donors (Lipinski definition) is 3. The van der Waals surface area contributed by atoms with Gasteiger partial charge in [0.25, 0.3) is 0 Å². The number of rotatable bonds is 10. The van der Waals surface area contributed by atoms with Crippen LogP contribution in [-0.4, -0.2) is 49.7 Å². The molecule has 1 aromatic rings. The lowest BCUT2D eigenvalue weighted by atomic mass is 10.1. The zero-order valence-electron chi connectivity index (χ0n) is 18.0. The summed E-state index contributed by atoms with van der Waals surface area (Å²) in [6.07, 6.45) is 0.300. The van der Waals surface area contributed by atoms with Crippen LogP contribution in [0.25, 0.3) is 0 Å². The Balaban J connectivity index is 2.09.